The summed E-state index contributed by atoms with van der Waals surface area (Å²) < 4.78 is 4.75. The molecule has 26 heavy (non-hydrogen) atoms. The molecule has 2 aromatic rings. The zero-order valence-electron chi connectivity index (χ0n) is 13.9. The Kier molecular flexibility index (Phi) is 6.10. The predicted molar refractivity (Wildman–Crippen MR) is 93.0 cm³/mol. The molecule has 9 heteroatoms. The van der Waals surface area contributed by atoms with Gasteiger partial charge in [0.25, 0.3) is 11.6 Å². The van der Waals surface area contributed by atoms with Gasteiger partial charge in [-0.15, -0.1) is 0 Å². The van der Waals surface area contributed by atoms with Crippen LogP contribution < -0.4 is 10.6 Å². The Morgan fingerprint density at radius 3 is 2.50 bits per heavy atom. The fourth-order valence-corrected chi connectivity index (χ4v) is 2.09. The molecule has 0 saturated carbocycles. The number of amides is 2. The van der Waals surface area contributed by atoms with Crippen LogP contribution in [-0.4, -0.2) is 28.6 Å². The van der Waals surface area contributed by atoms with E-state index in [4.69, 9.17) is 4.74 Å². The summed E-state index contributed by atoms with van der Waals surface area (Å²) in [5.74, 6) is -0.580. The molecule has 0 unspecified atom stereocenters. The summed E-state index contributed by atoms with van der Waals surface area (Å²) in [6.45, 7) is 1.86. The van der Waals surface area contributed by atoms with E-state index in [-0.39, 0.29) is 30.2 Å². The normalized spacial score (nSPS) is 10.0. The van der Waals surface area contributed by atoms with Gasteiger partial charge in [-0.1, -0.05) is 0 Å². The van der Waals surface area contributed by atoms with E-state index in [2.05, 4.69) is 10.6 Å². The van der Waals surface area contributed by atoms with Crippen LogP contribution in [0.4, 0.5) is 16.2 Å². The molecule has 0 aliphatic heterocycles. The van der Waals surface area contributed by atoms with Crippen molar-refractivity contribution in [1.29, 1.82) is 0 Å². The second-order valence-electron chi connectivity index (χ2n) is 5.18. The summed E-state index contributed by atoms with van der Waals surface area (Å²) >= 11 is 0. The SMILES string of the molecule is CCOC(=O)Nc1ccc(C(=O)NCc2cc([N+](=O)[O-])ccc2O)cc1. The van der Waals surface area contributed by atoms with Gasteiger partial charge in [0.2, 0.25) is 0 Å². The summed E-state index contributed by atoms with van der Waals surface area (Å²) in [5.41, 5.74) is 0.843. The Balaban J connectivity index is 1.99. The third-order valence-electron chi connectivity index (χ3n) is 3.38. The predicted octanol–water partition coefficient (Wildman–Crippen LogP) is 2.80. The lowest BCUT2D eigenvalue weighted by atomic mass is 10.1. The van der Waals surface area contributed by atoms with Crippen molar-refractivity contribution >= 4 is 23.4 Å². The van der Waals surface area contributed by atoms with Gasteiger partial charge in [-0.3, -0.25) is 20.2 Å². The van der Waals surface area contributed by atoms with Gasteiger partial charge in [0, 0.05) is 35.5 Å². The molecular formula is C17H17N3O6. The van der Waals surface area contributed by atoms with Crippen molar-refractivity contribution in [1.82, 2.24) is 5.32 Å². The van der Waals surface area contributed by atoms with E-state index in [1.807, 2.05) is 0 Å². The Hall–Kier alpha value is -3.62. The third kappa shape index (κ3) is 4.94. The molecule has 136 valence electrons. The number of hydrogen-bond donors (Lipinski definition) is 3. The lowest BCUT2D eigenvalue weighted by Gasteiger charge is -2.08. The Bertz CT molecular complexity index is 820. The average molecular weight is 359 g/mol. The van der Waals surface area contributed by atoms with Gasteiger partial charge in [0.15, 0.2) is 0 Å². The zero-order valence-corrected chi connectivity index (χ0v) is 13.9. The highest BCUT2D eigenvalue weighted by atomic mass is 16.6. The molecule has 0 saturated heterocycles. The van der Waals surface area contributed by atoms with Crippen LogP contribution in [0, 0.1) is 10.1 Å². The van der Waals surface area contributed by atoms with E-state index in [0.29, 0.717) is 11.3 Å². The maximum absolute atomic E-state index is 12.1. The number of benzene rings is 2. The second-order valence-corrected chi connectivity index (χ2v) is 5.18. The van der Waals surface area contributed by atoms with Crippen LogP contribution in [0.15, 0.2) is 42.5 Å². The smallest absolute Gasteiger partial charge is 0.411 e. The number of phenols is 1. The highest BCUT2D eigenvalue weighted by Gasteiger charge is 2.12. The van der Waals surface area contributed by atoms with Gasteiger partial charge in [0.1, 0.15) is 5.75 Å². The molecule has 0 heterocycles. The number of aromatic hydroxyl groups is 1. The van der Waals surface area contributed by atoms with Crippen molar-refractivity contribution in [3.8, 4) is 5.75 Å². The number of nitro benzene ring substituents is 1. The van der Waals surface area contributed by atoms with E-state index >= 15 is 0 Å². The first-order valence-corrected chi connectivity index (χ1v) is 7.69. The van der Waals surface area contributed by atoms with Crippen LogP contribution in [0.25, 0.3) is 0 Å². The number of non-ortho nitro benzene ring substituents is 1. The number of carbonyl (C=O) groups excluding carboxylic acids is 2. The number of nitrogens with one attached hydrogen (secondary N) is 2. The van der Waals surface area contributed by atoms with Crippen molar-refractivity contribution in [2.75, 3.05) is 11.9 Å². The minimum absolute atomic E-state index is 0.0742. The summed E-state index contributed by atoms with van der Waals surface area (Å²) in [7, 11) is 0. The van der Waals surface area contributed by atoms with Crippen LogP contribution >= 0.6 is 0 Å². The zero-order chi connectivity index (χ0) is 19.1. The number of phenolic OH excluding ortho intramolecular Hbond substituents is 1. The van der Waals surface area contributed by atoms with Gasteiger partial charge >= 0.3 is 6.09 Å². The van der Waals surface area contributed by atoms with Crippen molar-refractivity contribution in [2.45, 2.75) is 13.5 Å². The molecule has 3 N–H and O–H groups in total. The molecule has 9 nitrogen and oxygen atoms in total. The highest BCUT2D eigenvalue weighted by molar-refractivity contribution is 5.95. The first-order valence-electron chi connectivity index (χ1n) is 7.69. The molecule has 0 aliphatic carbocycles. The Morgan fingerprint density at radius 2 is 1.88 bits per heavy atom. The molecule has 2 amide bonds. The van der Waals surface area contributed by atoms with Crippen LogP contribution in [0.5, 0.6) is 5.75 Å². The molecular weight excluding hydrogens is 342 g/mol. The van der Waals surface area contributed by atoms with E-state index in [9.17, 15) is 24.8 Å². The molecule has 0 spiro atoms. The molecule has 2 aromatic carbocycles. The van der Waals surface area contributed by atoms with Crippen molar-refractivity contribution in [2.24, 2.45) is 0 Å². The number of ether oxygens (including phenoxy) is 1. The van der Waals surface area contributed by atoms with Crippen LogP contribution in [-0.2, 0) is 11.3 Å². The first kappa shape index (κ1) is 18.7. The molecule has 0 atom stereocenters. The topological polar surface area (TPSA) is 131 Å². The number of hydrogen-bond acceptors (Lipinski definition) is 6. The minimum Gasteiger partial charge on any atom is -0.508 e. The fraction of sp³-hybridized carbons (Fsp3) is 0.176. The molecule has 0 radical (unpaired) electrons. The summed E-state index contributed by atoms with van der Waals surface area (Å²) in [4.78, 5) is 33.6. The number of nitro groups is 1. The highest BCUT2D eigenvalue weighted by Crippen LogP contribution is 2.22. The maximum Gasteiger partial charge on any atom is 0.411 e. The van der Waals surface area contributed by atoms with Gasteiger partial charge in [-0.25, -0.2) is 4.79 Å². The van der Waals surface area contributed by atoms with Gasteiger partial charge in [-0.2, -0.15) is 0 Å². The van der Waals surface area contributed by atoms with E-state index in [1.54, 1.807) is 6.92 Å². The standard InChI is InChI=1S/C17H17N3O6/c1-2-26-17(23)19-13-5-3-11(4-6-13)16(22)18-10-12-9-14(20(24)25)7-8-15(12)21/h3-9,21H,2,10H2,1H3,(H,18,22)(H,19,23). The summed E-state index contributed by atoms with van der Waals surface area (Å²) in [6, 6.07) is 9.66. The van der Waals surface area contributed by atoms with E-state index < -0.39 is 16.9 Å². The lowest BCUT2D eigenvalue weighted by Crippen LogP contribution is -2.23. The molecule has 0 bridgehead atoms. The summed E-state index contributed by atoms with van der Waals surface area (Å²) in [5, 5.41) is 25.6. The van der Waals surface area contributed by atoms with E-state index in [0.717, 1.165) is 0 Å². The minimum atomic E-state index is -0.592. The van der Waals surface area contributed by atoms with Crippen molar-refractivity contribution in [3.05, 3.63) is 63.7 Å². The van der Waals surface area contributed by atoms with Gasteiger partial charge < -0.3 is 15.2 Å². The Labute approximate surface area is 148 Å². The fourth-order valence-electron chi connectivity index (χ4n) is 2.09. The largest absolute Gasteiger partial charge is 0.508 e. The molecule has 0 aromatic heterocycles. The van der Waals surface area contributed by atoms with Gasteiger partial charge in [0.05, 0.1) is 11.5 Å². The average Bonchev–Trinajstić information content (AvgIpc) is 2.61. The quantitative estimate of drug-likeness (QED) is 0.537. The van der Waals surface area contributed by atoms with E-state index in [1.165, 1.54) is 42.5 Å². The van der Waals surface area contributed by atoms with Crippen molar-refractivity contribution in [3.63, 3.8) is 0 Å². The lowest BCUT2D eigenvalue weighted by molar-refractivity contribution is -0.384. The molecule has 0 aliphatic rings. The third-order valence-corrected chi connectivity index (χ3v) is 3.38. The molecule has 0 fully saturated rings. The number of carbonyl (C=O) groups is 2. The van der Waals surface area contributed by atoms with Crippen LogP contribution in [0.2, 0.25) is 0 Å². The number of rotatable bonds is 6. The van der Waals surface area contributed by atoms with Crippen LogP contribution in [0.1, 0.15) is 22.8 Å². The monoisotopic (exact) mass is 359 g/mol. The summed E-state index contributed by atoms with van der Waals surface area (Å²) in [6.07, 6.45) is -0.592. The van der Waals surface area contributed by atoms with Gasteiger partial charge in [-0.05, 0) is 37.3 Å². The number of anilines is 1. The maximum atomic E-state index is 12.1. The van der Waals surface area contributed by atoms with Crippen LogP contribution in [0.3, 0.4) is 0 Å². The second kappa shape index (κ2) is 8.47. The van der Waals surface area contributed by atoms with Crippen molar-refractivity contribution < 1.29 is 24.4 Å². The molecule has 2 rings (SSSR count). The first-order chi connectivity index (χ1) is 12.4. The Morgan fingerprint density at radius 1 is 1.19 bits per heavy atom. The number of nitrogens with zero attached hydrogens (tertiary/aromatic N) is 1.